The van der Waals surface area contributed by atoms with Gasteiger partial charge in [0.1, 0.15) is 24.2 Å². The van der Waals surface area contributed by atoms with Crippen LogP contribution >= 0.6 is 0 Å². The summed E-state index contributed by atoms with van der Waals surface area (Å²) < 4.78 is 10.4. The van der Waals surface area contributed by atoms with Crippen molar-refractivity contribution in [2.45, 2.75) is 6.10 Å². The molecule has 0 aliphatic heterocycles. The molecule has 0 heterocycles. The average molecular weight is 211 g/mol. The van der Waals surface area contributed by atoms with Gasteiger partial charge in [-0.05, 0) is 19.2 Å². The van der Waals surface area contributed by atoms with Gasteiger partial charge in [0.05, 0.1) is 7.11 Å². The molecule has 1 aromatic rings. The van der Waals surface area contributed by atoms with Crippen molar-refractivity contribution in [2.24, 2.45) is 0 Å². The monoisotopic (exact) mass is 211 g/mol. The fourth-order valence-corrected chi connectivity index (χ4v) is 1.18. The van der Waals surface area contributed by atoms with Crippen LogP contribution in [0.2, 0.25) is 0 Å². The summed E-state index contributed by atoms with van der Waals surface area (Å²) in [4.78, 5) is 0. The summed E-state index contributed by atoms with van der Waals surface area (Å²) in [7, 11) is 3.39. The lowest BCUT2D eigenvalue weighted by Crippen LogP contribution is -2.29. The maximum Gasteiger partial charge on any atom is 0.123 e. The first-order chi connectivity index (χ1) is 7.26. The molecule has 84 valence electrons. The molecule has 2 N–H and O–H groups in total. The molecule has 0 aromatic heterocycles. The van der Waals surface area contributed by atoms with Crippen LogP contribution in [0, 0.1) is 0 Å². The Bertz CT molecular complexity index is 291. The summed E-state index contributed by atoms with van der Waals surface area (Å²) in [6.07, 6.45) is -0.499. The molecule has 0 spiro atoms. The molecule has 1 rings (SSSR count). The van der Waals surface area contributed by atoms with Gasteiger partial charge in [-0.3, -0.25) is 0 Å². The molecule has 0 unspecified atom stereocenters. The minimum atomic E-state index is -0.499. The molecule has 0 saturated heterocycles. The minimum Gasteiger partial charge on any atom is -0.497 e. The van der Waals surface area contributed by atoms with E-state index in [0.717, 1.165) is 5.75 Å². The Kier molecular flexibility index (Phi) is 4.93. The van der Waals surface area contributed by atoms with E-state index in [2.05, 4.69) is 5.32 Å². The van der Waals surface area contributed by atoms with Gasteiger partial charge in [-0.15, -0.1) is 0 Å². The van der Waals surface area contributed by atoms with Crippen molar-refractivity contribution in [3.05, 3.63) is 24.3 Å². The number of nitrogens with one attached hydrogen (secondary N) is 1. The number of aliphatic hydroxyl groups excluding tert-OH is 1. The highest BCUT2D eigenvalue weighted by atomic mass is 16.5. The van der Waals surface area contributed by atoms with Crippen LogP contribution in [0.5, 0.6) is 11.5 Å². The van der Waals surface area contributed by atoms with Crippen LogP contribution in [0.15, 0.2) is 24.3 Å². The number of hydrogen-bond donors (Lipinski definition) is 2. The van der Waals surface area contributed by atoms with Gasteiger partial charge in [0.15, 0.2) is 0 Å². The zero-order chi connectivity index (χ0) is 11.1. The number of methoxy groups -OCH3 is 1. The highest BCUT2D eigenvalue weighted by molar-refractivity contribution is 5.32. The lowest BCUT2D eigenvalue weighted by atomic mass is 10.3. The van der Waals surface area contributed by atoms with Gasteiger partial charge in [0.2, 0.25) is 0 Å². The third-order valence-corrected chi connectivity index (χ3v) is 1.92. The second-order valence-corrected chi connectivity index (χ2v) is 3.20. The van der Waals surface area contributed by atoms with Gasteiger partial charge >= 0.3 is 0 Å². The summed E-state index contributed by atoms with van der Waals surface area (Å²) in [5, 5.41) is 12.3. The van der Waals surface area contributed by atoms with Crippen LogP contribution in [0.4, 0.5) is 0 Å². The molecule has 0 bridgehead atoms. The van der Waals surface area contributed by atoms with Crippen molar-refractivity contribution in [3.63, 3.8) is 0 Å². The smallest absolute Gasteiger partial charge is 0.123 e. The van der Waals surface area contributed by atoms with Crippen molar-refractivity contribution >= 4 is 0 Å². The van der Waals surface area contributed by atoms with Crippen molar-refractivity contribution in [1.29, 1.82) is 0 Å². The Hall–Kier alpha value is -1.26. The first-order valence-corrected chi connectivity index (χ1v) is 4.85. The summed E-state index contributed by atoms with van der Waals surface area (Å²) >= 11 is 0. The maximum absolute atomic E-state index is 9.42. The summed E-state index contributed by atoms with van der Waals surface area (Å²) in [6, 6.07) is 7.30. The zero-order valence-electron chi connectivity index (χ0n) is 9.06. The summed E-state index contributed by atoms with van der Waals surface area (Å²) in [6.45, 7) is 0.790. The zero-order valence-corrected chi connectivity index (χ0v) is 9.06. The van der Waals surface area contributed by atoms with Gasteiger partial charge in [-0.2, -0.15) is 0 Å². The third kappa shape index (κ3) is 4.18. The molecule has 4 nitrogen and oxygen atoms in total. The summed E-state index contributed by atoms with van der Waals surface area (Å²) in [5.41, 5.74) is 0. The SMILES string of the molecule is CNC[C@H](O)COc1cccc(OC)c1. The largest absolute Gasteiger partial charge is 0.497 e. The van der Waals surface area contributed by atoms with E-state index in [9.17, 15) is 5.11 Å². The van der Waals surface area contributed by atoms with Crippen LogP contribution in [0.3, 0.4) is 0 Å². The van der Waals surface area contributed by atoms with Crippen molar-refractivity contribution < 1.29 is 14.6 Å². The summed E-state index contributed by atoms with van der Waals surface area (Å²) in [5.74, 6) is 1.44. The molecular formula is C11H17NO3. The lowest BCUT2D eigenvalue weighted by Gasteiger charge is -2.12. The Morgan fingerprint density at radius 3 is 2.80 bits per heavy atom. The average Bonchev–Trinajstić information content (AvgIpc) is 2.27. The molecule has 1 atom stereocenters. The fraction of sp³-hybridized carbons (Fsp3) is 0.455. The van der Waals surface area contributed by atoms with Gasteiger partial charge in [0.25, 0.3) is 0 Å². The molecular weight excluding hydrogens is 194 g/mol. The van der Waals surface area contributed by atoms with E-state index >= 15 is 0 Å². The van der Waals surface area contributed by atoms with Crippen LogP contribution < -0.4 is 14.8 Å². The highest BCUT2D eigenvalue weighted by Gasteiger charge is 2.03. The quantitative estimate of drug-likeness (QED) is 0.725. The molecule has 4 heteroatoms. The fourth-order valence-electron chi connectivity index (χ4n) is 1.18. The number of hydrogen-bond acceptors (Lipinski definition) is 4. The van der Waals surface area contributed by atoms with Gasteiger partial charge < -0.3 is 19.9 Å². The number of aliphatic hydroxyl groups is 1. The van der Waals surface area contributed by atoms with E-state index in [1.54, 1.807) is 20.2 Å². The standard InChI is InChI=1S/C11H17NO3/c1-12-7-9(13)8-15-11-5-3-4-10(6-11)14-2/h3-6,9,12-13H,7-8H2,1-2H3/t9-/m0/s1. The number of rotatable bonds is 6. The number of likely N-dealkylation sites (N-methyl/N-ethyl adjacent to an activating group) is 1. The molecule has 0 saturated carbocycles. The molecule has 0 aliphatic carbocycles. The predicted octanol–water partition coefficient (Wildman–Crippen LogP) is 0.654. The van der Waals surface area contributed by atoms with E-state index in [0.29, 0.717) is 12.3 Å². The normalized spacial score (nSPS) is 12.2. The van der Waals surface area contributed by atoms with E-state index < -0.39 is 6.10 Å². The first-order valence-electron chi connectivity index (χ1n) is 4.85. The van der Waals surface area contributed by atoms with Gasteiger partial charge in [0, 0.05) is 12.6 Å². The van der Waals surface area contributed by atoms with Crippen LogP contribution in [0.25, 0.3) is 0 Å². The Labute approximate surface area is 89.8 Å². The number of ether oxygens (including phenoxy) is 2. The maximum atomic E-state index is 9.42. The molecule has 0 aliphatic rings. The van der Waals surface area contributed by atoms with Crippen molar-refractivity contribution in [1.82, 2.24) is 5.32 Å². The van der Waals surface area contributed by atoms with Crippen LogP contribution in [0.1, 0.15) is 0 Å². The van der Waals surface area contributed by atoms with Crippen molar-refractivity contribution in [2.75, 3.05) is 27.3 Å². The van der Waals surface area contributed by atoms with Crippen LogP contribution in [-0.2, 0) is 0 Å². The molecule has 0 fully saturated rings. The topological polar surface area (TPSA) is 50.7 Å². The van der Waals surface area contributed by atoms with Crippen LogP contribution in [-0.4, -0.2) is 38.5 Å². The molecule has 0 radical (unpaired) electrons. The van der Waals surface area contributed by atoms with Crippen molar-refractivity contribution in [3.8, 4) is 11.5 Å². The first kappa shape index (κ1) is 11.8. The second kappa shape index (κ2) is 6.27. The number of benzene rings is 1. The Morgan fingerprint density at radius 1 is 1.40 bits per heavy atom. The lowest BCUT2D eigenvalue weighted by molar-refractivity contribution is 0.108. The molecule has 0 amide bonds. The Balaban J connectivity index is 2.43. The van der Waals surface area contributed by atoms with E-state index in [1.165, 1.54) is 0 Å². The van der Waals surface area contributed by atoms with Gasteiger partial charge in [-0.1, -0.05) is 6.07 Å². The van der Waals surface area contributed by atoms with E-state index in [4.69, 9.17) is 9.47 Å². The van der Waals surface area contributed by atoms with Gasteiger partial charge in [-0.25, -0.2) is 0 Å². The minimum absolute atomic E-state index is 0.272. The predicted molar refractivity (Wildman–Crippen MR) is 58.4 cm³/mol. The van der Waals surface area contributed by atoms with E-state index in [-0.39, 0.29) is 6.61 Å². The second-order valence-electron chi connectivity index (χ2n) is 3.20. The van der Waals surface area contributed by atoms with E-state index in [1.807, 2.05) is 18.2 Å². The third-order valence-electron chi connectivity index (χ3n) is 1.92. The Morgan fingerprint density at radius 2 is 2.13 bits per heavy atom. The molecule has 15 heavy (non-hydrogen) atoms. The highest BCUT2D eigenvalue weighted by Crippen LogP contribution is 2.18. The molecule has 1 aromatic carbocycles.